The van der Waals surface area contributed by atoms with Crippen molar-refractivity contribution in [1.82, 2.24) is 4.90 Å². The molecular weight excluding hydrogens is 368 g/mol. The molecular formula is C18H22N4O4S. The van der Waals surface area contributed by atoms with Crippen LogP contribution in [0.2, 0.25) is 0 Å². The summed E-state index contributed by atoms with van der Waals surface area (Å²) in [6.45, 7) is 6.60. The maximum Gasteiger partial charge on any atom is 0.411 e. The molecule has 2 N–H and O–H groups in total. The van der Waals surface area contributed by atoms with Gasteiger partial charge in [-0.2, -0.15) is 0 Å². The lowest BCUT2D eigenvalue weighted by molar-refractivity contribution is -0.116. The van der Waals surface area contributed by atoms with Gasteiger partial charge in [0.25, 0.3) is 0 Å². The predicted octanol–water partition coefficient (Wildman–Crippen LogP) is 2.84. The molecule has 9 heteroatoms. The molecule has 1 aromatic rings. The Labute approximate surface area is 162 Å². The number of nitrogens with two attached hydrogens (primary N) is 1. The zero-order valence-electron chi connectivity index (χ0n) is 15.7. The number of nitroso groups, excluding NO2 is 1. The van der Waals surface area contributed by atoms with Crippen LogP contribution in [0.4, 0.5) is 10.5 Å². The van der Waals surface area contributed by atoms with Gasteiger partial charge in [-0.1, -0.05) is 29.9 Å². The Hall–Kier alpha value is -2.65. The van der Waals surface area contributed by atoms with Gasteiger partial charge in [-0.05, 0) is 45.0 Å². The van der Waals surface area contributed by atoms with Crippen molar-refractivity contribution >= 4 is 34.8 Å². The number of hydrazine groups is 1. The highest BCUT2D eigenvalue weighted by Crippen LogP contribution is 2.23. The molecule has 0 atom stereocenters. The molecule has 1 amide bonds. The van der Waals surface area contributed by atoms with E-state index in [1.54, 1.807) is 32.9 Å². The number of benzene rings is 1. The molecule has 0 fully saturated rings. The van der Waals surface area contributed by atoms with Gasteiger partial charge < -0.3 is 4.74 Å². The summed E-state index contributed by atoms with van der Waals surface area (Å²) in [5.41, 5.74) is 0.667. The van der Waals surface area contributed by atoms with Gasteiger partial charge in [-0.3, -0.25) is 14.7 Å². The van der Waals surface area contributed by atoms with Crippen molar-refractivity contribution in [3.63, 3.8) is 0 Å². The van der Waals surface area contributed by atoms with E-state index >= 15 is 0 Å². The van der Waals surface area contributed by atoms with Gasteiger partial charge in [-0.25, -0.2) is 10.6 Å². The van der Waals surface area contributed by atoms with Crippen LogP contribution >= 0.6 is 12.2 Å². The molecule has 27 heavy (non-hydrogen) atoms. The highest BCUT2D eigenvalue weighted by molar-refractivity contribution is 7.81. The molecule has 0 saturated heterocycles. The molecule has 1 heterocycles. The summed E-state index contributed by atoms with van der Waals surface area (Å²) in [5.74, 6) is 5.51. The lowest BCUT2D eigenvalue weighted by Crippen LogP contribution is -2.48. The minimum Gasteiger partial charge on any atom is -0.444 e. The van der Waals surface area contributed by atoms with Crippen LogP contribution in [0.25, 0.3) is 0 Å². The number of aryl methyl sites for hydroxylation is 1. The zero-order chi connectivity index (χ0) is 20.4. The summed E-state index contributed by atoms with van der Waals surface area (Å²) >= 11 is 5.31. The number of hydrogen-bond donors (Lipinski definition) is 1. The van der Waals surface area contributed by atoms with E-state index in [2.05, 4.69) is 5.18 Å². The Morgan fingerprint density at radius 3 is 2.37 bits per heavy atom. The van der Waals surface area contributed by atoms with E-state index in [1.165, 1.54) is 0 Å². The number of rotatable bonds is 3. The largest absolute Gasteiger partial charge is 0.444 e. The van der Waals surface area contributed by atoms with Gasteiger partial charge in [0.15, 0.2) is 5.78 Å². The molecule has 0 radical (unpaired) electrons. The first-order chi connectivity index (χ1) is 12.5. The third-order valence-electron chi connectivity index (χ3n) is 3.75. The molecule has 1 aliphatic rings. The second-order valence-corrected chi connectivity index (χ2v) is 7.57. The van der Waals surface area contributed by atoms with Gasteiger partial charge in [0.1, 0.15) is 16.3 Å². The van der Waals surface area contributed by atoms with E-state index < -0.39 is 17.5 Å². The number of nitrogens with zero attached hydrogens (tertiary/aromatic N) is 3. The first kappa shape index (κ1) is 20.7. The number of thiocarbonyl (C=S) groups is 1. The van der Waals surface area contributed by atoms with Crippen LogP contribution in [0.1, 0.15) is 26.3 Å². The molecule has 0 aliphatic carbocycles. The van der Waals surface area contributed by atoms with Crippen LogP contribution in [-0.2, 0) is 9.53 Å². The molecule has 0 unspecified atom stereocenters. The van der Waals surface area contributed by atoms with Crippen molar-refractivity contribution in [2.45, 2.75) is 33.3 Å². The fourth-order valence-corrected chi connectivity index (χ4v) is 2.78. The minimum absolute atomic E-state index is 0.0257. The topological polar surface area (TPSA) is 105 Å². The lowest BCUT2D eigenvalue weighted by Gasteiger charge is -2.31. The van der Waals surface area contributed by atoms with Crippen molar-refractivity contribution in [3.05, 3.63) is 46.0 Å². The maximum atomic E-state index is 12.6. The zero-order valence-corrected chi connectivity index (χ0v) is 16.5. The Morgan fingerprint density at radius 1 is 1.26 bits per heavy atom. The number of anilines is 1. The molecule has 1 aliphatic heterocycles. The maximum absolute atomic E-state index is 12.6. The average molecular weight is 390 g/mol. The van der Waals surface area contributed by atoms with E-state index in [4.69, 9.17) is 22.8 Å². The van der Waals surface area contributed by atoms with Gasteiger partial charge >= 0.3 is 6.09 Å². The Balaban J connectivity index is 2.28. The number of ether oxygens (including phenoxy) is 1. The van der Waals surface area contributed by atoms with E-state index in [9.17, 15) is 14.5 Å². The van der Waals surface area contributed by atoms with Crippen molar-refractivity contribution in [2.75, 3.05) is 18.1 Å². The van der Waals surface area contributed by atoms with Gasteiger partial charge in [0.2, 0.25) is 0 Å². The summed E-state index contributed by atoms with van der Waals surface area (Å²) in [6.07, 6.45) is -0.704. The molecule has 0 spiro atoms. The fourth-order valence-electron chi connectivity index (χ4n) is 2.44. The number of Topliss-reactive ketones (excluding diaryl/α,β-unsaturated/α-hetero) is 1. The summed E-state index contributed by atoms with van der Waals surface area (Å²) in [7, 11) is 0. The van der Waals surface area contributed by atoms with Crippen molar-refractivity contribution < 1.29 is 14.3 Å². The van der Waals surface area contributed by atoms with E-state index in [0.717, 1.165) is 15.5 Å². The standard InChI is InChI=1S/C18H22N4O4S/c1-11-5-7-12(8-6-11)22(19)16(27)15-13(20-25)9-21(10-14(15)23)17(24)26-18(2,3)4/h5-8H,9-10,19H2,1-4H3. The predicted molar refractivity (Wildman–Crippen MR) is 106 cm³/mol. The molecule has 0 bridgehead atoms. The normalized spacial score (nSPS) is 14.9. The first-order valence-electron chi connectivity index (χ1n) is 8.27. The van der Waals surface area contributed by atoms with E-state index in [0.29, 0.717) is 5.69 Å². The number of hydrogen-bond acceptors (Lipinski definition) is 7. The van der Waals surface area contributed by atoms with Crippen molar-refractivity contribution in [2.24, 2.45) is 11.0 Å². The van der Waals surface area contributed by atoms with Gasteiger partial charge in [0, 0.05) is 0 Å². The Kier molecular flexibility index (Phi) is 6.07. The molecule has 2 rings (SSSR count). The lowest BCUT2D eigenvalue weighted by atomic mass is 10.0. The van der Waals surface area contributed by atoms with Crippen LogP contribution in [0, 0.1) is 11.8 Å². The minimum atomic E-state index is -0.728. The molecule has 1 aromatic carbocycles. The molecule has 8 nitrogen and oxygen atoms in total. The highest BCUT2D eigenvalue weighted by atomic mass is 32.1. The number of ketones is 1. The van der Waals surface area contributed by atoms with Gasteiger partial charge in [0.05, 0.1) is 24.4 Å². The summed E-state index contributed by atoms with van der Waals surface area (Å²) in [4.78, 5) is 37.2. The van der Waals surface area contributed by atoms with Crippen LogP contribution in [-0.4, -0.2) is 40.5 Å². The third-order valence-corrected chi connectivity index (χ3v) is 4.15. The van der Waals surface area contributed by atoms with Crippen LogP contribution in [0.5, 0.6) is 0 Å². The van der Waals surface area contributed by atoms with Crippen LogP contribution in [0.15, 0.2) is 40.7 Å². The fraction of sp³-hybridized carbons (Fsp3) is 0.389. The monoisotopic (exact) mass is 390 g/mol. The van der Waals surface area contributed by atoms with E-state index in [-0.39, 0.29) is 29.3 Å². The quantitative estimate of drug-likeness (QED) is 0.366. The molecule has 0 saturated carbocycles. The van der Waals surface area contributed by atoms with Crippen molar-refractivity contribution in [3.8, 4) is 0 Å². The first-order valence-corrected chi connectivity index (χ1v) is 8.67. The number of carbonyl (C=O) groups is 2. The smallest absolute Gasteiger partial charge is 0.411 e. The highest BCUT2D eigenvalue weighted by Gasteiger charge is 2.35. The van der Waals surface area contributed by atoms with Crippen LogP contribution < -0.4 is 10.9 Å². The number of carbonyl (C=O) groups excluding carboxylic acids is 2. The third kappa shape index (κ3) is 4.95. The summed E-state index contributed by atoms with van der Waals surface area (Å²) < 4.78 is 5.24. The van der Waals surface area contributed by atoms with Crippen molar-refractivity contribution in [1.29, 1.82) is 0 Å². The average Bonchev–Trinajstić information content (AvgIpc) is 2.59. The molecule has 144 valence electrons. The van der Waals surface area contributed by atoms with Crippen LogP contribution in [0.3, 0.4) is 0 Å². The summed E-state index contributed by atoms with van der Waals surface area (Å²) in [5, 5.41) is 4.06. The van der Waals surface area contributed by atoms with Gasteiger partial charge in [-0.15, -0.1) is 4.91 Å². The number of amides is 1. The summed E-state index contributed by atoms with van der Waals surface area (Å²) in [6, 6.07) is 7.18. The SMILES string of the molecule is Cc1ccc(N(N)C(=S)C2=C(N=O)CN(C(=O)OC(C)(C)C)CC2=O)cc1. The Morgan fingerprint density at radius 2 is 1.85 bits per heavy atom. The Bertz CT molecular complexity index is 812. The second-order valence-electron chi connectivity index (χ2n) is 7.18. The molecule has 0 aromatic heterocycles. The van der Waals surface area contributed by atoms with E-state index in [1.807, 2.05) is 19.1 Å². The second kappa shape index (κ2) is 7.93.